The van der Waals surface area contributed by atoms with E-state index in [1.807, 2.05) is 38.1 Å². The number of ketones is 2. The zero-order chi connectivity index (χ0) is 44.1. The molecule has 4 aliphatic carbocycles. The lowest BCUT2D eigenvalue weighted by molar-refractivity contribution is -0.183. The highest BCUT2D eigenvalue weighted by atomic mass is 16.6. The molecule has 62 heavy (non-hydrogen) atoms. The number of methoxy groups -OCH3 is 1. The molecule has 4 bridgehead atoms. The van der Waals surface area contributed by atoms with E-state index in [4.69, 9.17) is 28.7 Å². The predicted octanol–water partition coefficient (Wildman–Crippen LogP) is 9.31. The highest BCUT2D eigenvalue weighted by Crippen LogP contribution is 2.74. The van der Waals surface area contributed by atoms with Crippen molar-refractivity contribution in [3.63, 3.8) is 0 Å². The van der Waals surface area contributed by atoms with Gasteiger partial charge in [-0.1, -0.05) is 53.6 Å². The van der Waals surface area contributed by atoms with Gasteiger partial charge in [0.2, 0.25) is 0 Å². The smallest absolute Gasteiger partial charge is 0.333 e. The third kappa shape index (κ3) is 6.02. The number of hydrogen-bond donors (Lipinski definition) is 1. The molecule has 4 heterocycles. The average molecular weight is 842 g/mol. The van der Waals surface area contributed by atoms with Crippen molar-refractivity contribution in [1.29, 1.82) is 0 Å². The lowest BCUT2D eigenvalue weighted by Crippen LogP contribution is -2.75. The molecule has 10 rings (SSSR count). The van der Waals surface area contributed by atoms with Crippen molar-refractivity contribution in [3.8, 4) is 17.2 Å². The number of aliphatic imine (C=N–C) groups is 1. The number of carbonyl (C=O) groups is 3. The monoisotopic (exact) mass is 841 g/mol. The number of hydrogen-bond acceptors (Lipinski definition) is 10. The Balaban J connectivity index is 1.38. The summed E-state index contributed by atoms with van der Waals surface area (Å²) in [6.07, 6.45) is 14.1. The lowest BCUT2D eigenvalue weighted by Gasteiger charge is -2.62. The molecular weight excluding hydrogens is 783 g/mol. The van der Waals surface area contributed by atoms with E-state index in [9.17, 15) is 14.7 Å². The Morgan fingerprint density at radius 1 is 0.968 bits per heavy atom. The van der Waals surface area contributed by atoms with Crippen molar-refractivity contribution >= 4 is 35.0 Å². The van der Waals surface area contributed by atoms with Crippen LogP contribution in [0.2, 0.25) is 0 Å². The van der Waals surface area contributed by atoms with Gasteiger partial charge in [-0.15, -0.1) is 0 Å². The van der Waals surface area contributed by atoms with Gasteiger partial charge in [-0.3, -0.25) is 14.6 Å². The largest absolute Gasteiger partial charge is 0.492 e. The second-order valence-corrected chi connectivity index (χ2v) is 19.5. The van der Waals surface area contributed by atoms with E-state index < -0.39 is 46.1 Å². The maximum absolute atomic E-state index is 15.8. The van der Waals surface area contributed by atoms with Gasteiger partial charge in [-0.2, -0.15) is 0 Å². The van der Waals surface area contributed by atoms with Crippen LogP contribution in [0, 0.1) is 23.7 Å². The summed E-state index contributed by atoms with van der Waals surface area (Å²) in [5.41, 5.74) is 3.98. The molecule has 3 saturated carbocycles. The second kappa shape index (κ2) is 15.0. The second-order valence-electron chi connectivity index (χ2n) is 19.5. The molecule has 4 fully saturated rings. The van der Waals surface area contributed by atoms with E-state index >= 15 is 4.79 Å². The molecule has 0 radical (unpaired) electrons. The summed E-state index contributed by atoms with van der Waals surface area (Å²) >= 11 is 0. The Morgan fingerprint density at radius 2 is 1.71 bits per heavy atom. The van der Waals surface area contributed by atoms with E-state index in [0.717, 1.165) is 40.7 Å². The van der Waals surface area contributed by atoms with Gasteiger partial charge in [-0.05, 0) is 106 Å². The average Bonchev–Trinajstić information content (AvgIpc) is 3.59. The number of Topliss-reactive ketones (excluding diaryl/α,β-unsaturated/α-hetero) is 2. The van der Waals surface area contributed by atoms with Gasteiger partial charge in [0, 0.05) is 58.6 Å². The molecule has 7 atom stereocenters. The predicted molar refractivity (Wildman–Crippen MR) is 238 cm³/mol. The van der Waals surface area contributed by atoms with Crippen LogP contribution in [-0.2, 0) is 25.5 Å². The Hall–Kier alpha value is -5.06. The van der Waals surface area contributed by atoms with Gasteiger partial charge >= 0.3 is 5.97 Å². The zero-order valence-corrected chi connectivity index (χ0v) is 37.5. The molecule has 1 N–H and O–H groups in total. The van der Waals surface area contributed by atoms with E-state index in [1.165, 1.54) is 12.7 Å². The van der Waals surface area contributed by atoms with Crippen LogP contribution in [0.15, 0.2) is 75.9 Å². The number of carbonyl (C=O) groups excluding carboxylic acids is 3. The fourth-order valence-electron chi connectivity index (χ4n) is 11.7. The van der Waals surface area contributed by atoms with Crippen molar-refractivity contribution in [2.75, 3.05) is 20.3 Å². The number of ether oxygens (including phenoxy) is 5. The number of benzene rings is 2. The minimum atomic E-state index is -1.57. The number of nitrogens with zero attached hydrogens (tertiary/aromatic N) is 1. The minimum absolute atomic E-state index is 0.0396. The summed E-state index contributed by atoms with van der Waals surface area (Å²) in [6, 6.07) is 7.63. The van der Waals surface area contributed by atoms with Crippen LogP contribution in [0.25, 0.3) is 11.8 Å². The Morgan fingerprint density at radius 3 is 2.42 bits per heavy atom. The van der Waals surface area contributed by atoms with E-state index in [-0.39, 0.29) is 30.5 Å². The van der Waals surface area contributed by atoms with Gasteiger partial charge in [0.1, 0.15) is 22.8 Å². The number of aliphatic hydroxyl groups is 1. The fraction of sp³-hybridized carbons (Fsp3) is 0.500. The summed E-state index contributed by atoms with van der Waals surface area (Å²) in [7, 11) is 1.34. The van der Waals surface area contributed by atoms with E-state index in [1.54, 1.807) is 13.0 Å². The van der Waals surface area contributed by atoms with Crippen molar-refractivity contribution in [3.05, 3.63) is 98.7 Å². The molecule has 2 aromatic rings. The van der Waals surface area contributed by atoms with Crippen LogP contribution >= 0.6 is 0 Å². The van der Waals surface area contributed by atoms with Gasteiger partial charge in [0.15, 0.2) is 22.8 Å². The first-order chi connectivity index (χ1) is 29.5. The summed E-state index contributed by atoms with van der Waals surface area (Å²) in [4.78, 5) is 49.0. The molecule has 1 saturated heterocycles. The van der Waals surface area contributed by atoms with Crippen molar-refractivity contribution in [2.45, 2.75) is 123 Å². The molecular formula is C52H59NO9. The molecule has 10 heteroatoms. The van der Waals surface area contributed by atoms with Gasteiger partial charge < -0.3 is 28.8 Å². The molecule has 1 spiro atoms. The summed E-state index contributed by atoms with van der Waals surface area (Å²) in [5.74, 6) is -1.06. The molecule has 326 valence electrons. The van der Waals surface area contributed by atoms with Crippen LogP contribution < -0.4 is 14.2 Å². The lowest BCUT2D eigenvalue weighted by atomic mass is 9.43. The summed E-state index contributed by atoms with van der Waals surface area (Å²) in [5, 5.41) is 9.77. The highest BCUT2D eigenvalue weighted by Gasteiger charge is 2.84. The molecule has 7 unspecified atom stereocenters. The topological polar surface area (TPSA) is 130 Å². The fourth-order valence-corrected chi connectivity index (χ4v) is 11.7. The van der Waals surface area contributed by atoms with Crippen LogP contribution in [0.4, 0.5) is 0 Å². The molecule has 2 aromatic carbocycles. The number of unbranched alkanes of at least 4 members (excludes halogenated alkanes) is 1. The van der Waals surface area contributed by atoms with Crippen molar-refractivity contribution < 1.29 is 43.2 Å². The Bertz CT molecular complexity index is 2490. The molecule has 8 aliphatic rings. The van der Waals surface area contributed by atoms with Gasteiger partial charge in [0.25, 0.3) is 0 Å². The quantitative estimate of drug-likeness (QED) is 0.0908. The number of allylic oxidation sites excluding steroid dienone is 4. The van der Waals surface area contributed by atoms with E-state index in [2.05, 4.69) is 58.9 Å². The minimum Gasteiger partial charge on any atom is -0.492 e. The normalized spacial score (nSPS) is 30.0. The molecule has 10 nitrogen and oxygen atoms in total. The summed E-state index contributed by atoms with van der Waals surface area (Å²) in [6.45, 7) is 16.5. The molecule has 0 aromatic heterocycles. The first-order valence-corrected chi connectivity index (χ1v) is 22.3. The number of rotatable bonds is 13. The summed E-state index contributed by atoms with van der Waals surface area (Å²) < 4.78 is 34.4. The molecule has 0 amide bonds. The number of fused-ring (bicyclic) bond motifs is 6. The van der Waals surface area contributed by atoms with Gasteiger partial charge in [-0.25, -0.2) is 4.79 Å². The molecule has 4 aliphatic heterocycles. The van der Waals surface area contributed by atoms with Crippen molar-refractivity contribution in [1.82, 2.24) is 0 Å². The SMILES string of the molecule is COC(=O)/C(C)=C\CC12OC(C)(C)C3CC(C1=O)C1C4=C(N=C5c6ccccc6C(=O)C51)c1c(OCCCCO)c5c(c(CC=C(C)C)c1OC432)OC(C)(CCC=C(C)C)C=C5. The first kappa shape index (κ1) is 42.3. The Kier molecular flexibility index (Phi) is 10.3. The van der Waals surface area contributed by atoms with Crippen LogP contribution in [-0.4, -0.2) is 71.1 Å². The van der Waals surface area contributed by atoms with Gasteiger partial charge in [0.05, 0.1) is 47.8 Å². The number of esters is 1. The van der Waals surface area contributed by atoms with Crippen LogP contribution in [0.5, 0.6) is 17.2 Å². The maximum Gasteiger partial charge on any atom is 0.333 e. The van der Waals surface area contributed by atoms with Crippen LogP contribution in [0.1, 0.15) is 127 Å². The zero-order valence-electron chi connectivity index (χ0n) is 37.5. The van der Waals surface area contributed by atoms with Crippen LogP contribution in [0.3, 0.4) is 0 Å². The van der Waals surface area contributed by atoms with Crippen molar-refractivity contribution in [2.24, 2.45) is 28.7 Å². The third-order valence-electron chi connectivity index (χ3n) is 14.5. The first-order valence-electron chi connectivity index (χ1n) is 22.3. The van der Waals surface area contributed by atoms with E-state index in [0.29, 0.717) is 77.6 Å². The maximum atomic E-state index is 15.8. The Labute approximate surface area is 364 Å². The third-order valence-corrected chi connectivity index (χ3v) is 14.5. The number of aliphatic hydroxyl groups excluding tert-OH is 1. The standard InChI is InChI=1S/C52H59NO9/c1-28(2)15-14-22-50(8)23-21-34-44(60-50)33(19-18-29(3)4)46-39(45(34)59-26-13-12-25-54)42-40-37(38-41(53-42)31-16-10-11-17-32(31)43(38)55)35-27-36-49(6,7)62-51(47(35)56,52(36,40)61-46)24-20-30(5)48(57)58-9/h10-11,15-18,20-21,23,35-38,54H,12-14,19,22,24-27H2,1-9H3/b30-20-. The highest BCUT2D eigenvalue weighted by molar-refractivity contribution is 6.31.